The summed E-state index contributed by atoms with van der Waals surface area (Å²) in [5, 5.41) is 54.5. The molecule has 1 heterocycles. The Morgan fingerprint density at radius 3 is 1.24 bits per heavy atom. The minimum atomic E-state index is -1.57. The molecule has 0 aromatic heterocycles. The van der Waals surface area contributed by atoms with Crippen LogP contribution in [0.1, 0.15) is 277 Å². The van der Waals surface area contributed by atoms with E-state index in [0.29, 0.717) is 6.42 Å². The Balaban J connectivity index is 2.23. The predicted octanol–water partition coefficient (Wildman–Crippen LogP) is 14.4. The minimum Gasteiger partial charge on any atom is -0.394 e. The van der Waals surface area contributed by atoms with Crippen LogP contribution in [0.25, 0.3) is 0 Å². The molecule has 1 amide bonds. The zero-order chi connectivity index (χ0) is 49.4. The first-order valence-corrected chi connectivity index (χ1v) is 29.2. The van der Waals surface area contributed by atoms with E-state index in [9.17, 15) is 30.3 Å². The van der Waals surface area contributed by atoms with Crippen molar-refractivity contribution in [1.82, 2.24) is 5.32 Å². The fraction of sp³-hybridized carbons (Fsp3) is 0.881. The molecule has 1 saturated heterocycles. The van der Waals surface area contributed by atoms with Gasteiger partial charge in [-0.2, -0.15) is 0 Å². The summed E-state index contributed by atoms with van der Waals surface area (Å²) in [4.78, 5) is 13.1. The number of unbranched alkanes of at least 4 members (excludes halogenated alkanes) is 36. The summed E-state index contributed by atoms with van der Waals surface area (Å²) in [7, 11) is 0. The molecule has 400 valence electrons. The molecule has 1 fully saturated rings. The van der Waals surface area contributed by atoms with Crippen LogP contribution in [0.4, 0.5) is 0 Å². The molecule has 0 aliphatic carbocycles. The molecule has 0 bridgehead atoms. The predicted molar refractivity (Wildman–Crippen MR) is 286 cm³/mol. The highest BCUT2D eigenvalue weighted by Gasteiger charge is 2.44. The lowest BCUT2D eigenvalue weighted by Crippen LogP contribution is -2.60. The topological polar surface area (TPSA) is 149 Å². The van der Waals surface area contributed by atoms with E-state index in [2.05, 4.69) is 43.5 Å². The van der Waals surface area contributed by atoms with Crippen LogP contribution in [0.15, 0.2) is 36.5 Å². The standard InChI is InChI=1S/C59H111NO8/c1-3-5-7-9-11-13-15-17-19-21-23-24-25-26-27-28-29-31-33-35-37-39-41-43-45-47-49-55(63)60-52(51-67-59-58(66)57(65)56(64)54(50-61)68-59)53(62)48-46-44-42-40-38-36-34-32-30-22-20-18-16-14-12-10-8-6-4-2/h30,32,38,40,46,48,52-54,56-59,61-62,64-66H,3-29,31,33-37,39,41-45,47,49-51H2,1-2H3,(H,60,63)/b32-30+,40-38+,48-46+. The molecule has 7 unspecified atom stereocenters. The first-order valence-electron chi connectivity index (χ1n) is 29.2. The second-order valence-electron chi connectivity index (χ2n) is 20.4. The molecule has 1 rings (SSSR count). The Labute approximate surface area is 419 Å². The summed E-state index contributed by atoms with van der Waals surface area (Å²) < 4.78 is 11.3. The van der Waals surface area contributed by atoms with Gasteiger partial charge in [0.25, 0.3) is 0 Å². The number of hydrogen-bond donors (Lipinski definition) is 6. The van der Waals surface area contributed by atoms with E-state index < -0.39 is 49.5 Å². The molecule has 0 aromatic carbocycles. The number of carbonyl (C=O) groups excluding carboxylic acids is 1. The molecule has 0 radical (unpaired) electrons. The van der Waals surface area contributed by atoms with Gasteiger partial charge < -0.3 is 40.3 Å². The maximum absolute atomic E-state index is 13.1. The number of carbonyl (C=O) groups is 1. The van der Waals surface area contributed by atoms with E-state index in [0.717, 1.165) is 44.9 Å². The lowest BCUT2D eigenvalue weighted by atomic mass is 9.99. The highest BCUT2D eigenvalue weighted by molar-refractivity contribution is 5.76. The van der Waals surface area contributed by atoms with Gasteiger partial charge in [0, 0.05) is 6.42 Å². The highest BCUT2D eigenvalue weighted by Crippen LogP contribution is 2.23. The van der Waals surface area contributed by atoms with Crippen LogP contribution in [-0.4, -0.2) is 87.5 Å². The van der Waals surface area contributed by atoms with E-state index in [1.165, 1.54) is 212 Å². The number of hydrogen-bond acceptors (Lipinski definition) is 8. The van der Waals surface area contributed by atoms with Crippen LogP contribution in [0.5, 0.6) is 0 Å². The Bertz CT molecular complexity index is 1160. The van der Waals surface area contributed by atoms with Crippen LogP contribution < -0.4 is 5.32 Å². The molecule has 7 atom stereocenters. The number of aliphatic hydroxyl groups excluding tert-OH is 5. The number of rotatable bonds is 50. The average molecular weight is 963 g/mol. The summed E-state index contributed by atoms with van der Waals surface area (Å²) >= 11 is 0. The van der Waals surface area contributed by atoms with Gasteiger partial charge in [0.1, 0.15) is 24.4 Å². The molecular weight excluding hydrogens is 851 g/mol. The largest absolute Gasteiger partial charge is 0.394 e. The van der Waals surface area contributed by atoms with Crippen molar-refractivity contribution in [2.75, 3.05) is 13.2 Å². The van der Waals surface area contributed by atoms with Gasteiger partial charge in [0.05, 0.1) is 25.4 Å². The fourth-order valence-corrected chi connectivity index (χ4v) is 9.31. The van der Waals surface area contributed by atoms with Crippen LogP contribution in [-0.2, 0) is 14.3 Å². The quantitative estimate of drug-likeness (QED) is 0.0261. The van der Waals surface area contributed by atoms with Crippen LogP contribution in [0.3, 0.4) is 0 Å². The maximum Gasteiger partial charge on any atom is 0.220 e. The van der Waals surface area contributed by atoms with Gasteiger partial charge in [-0.25, -0.2) is 0 Å². The van der Waals surface area contributed by atoms with Crippen molar-refractivity contribution in [3.63, 3.8) is 0 Å². The van der Waals surface area contributed by atoms with Gasteiger partial charge in [-0.3, -0.25) is 4.79 Å². The summed E-state index contributed by atoms with van der Waals surface area (Å²) in [6.45, 7) is 3.79. The molecule has 1 aliphatic heterocycles. The van der Waals surface area contributed by atoms with Crippen LogP contribution in [0.2, 0.25) is 0 Å². The molecule has 68 heavy (non-hydrogen) atoms. The fourth-order valence-electron chi connectivity index (χ4n) is 9.31. The van der Waals surface area contributed by atoms with E-state index in [1.54, 1.807) is 6.08 Å². The lowest BCUT2D eigenvalue weighted by Gasteiger charge is -2.40. The van der Waals surface area contributed by atoms with Crippen molar-refractivity contribution in [2.24, 2.45) is 0 Å². The van der Waals surface area contributed by atoms with Gasteiger partial charge in [0.2, 0.25) is 5.91 Å². The van der Waals surface area contributed by atoms with Crippen molar-refractivity contribution in [2.45, 2.75) is 320 Å². The second kappa shape index (κ2) is 49.0. The van der Waals surface area contributed by atoms with Gasteiger partial charge in [-0.1, -0.05) is 262 Å². The lowest BCUT2D eigenvalue weighted by molar-refractivity contribution is -0.302. The van der Waals surface area contributed by atoms with Gasteiger partial charge >= 0.3 is 0 Å². The summed E-state index contributed by atoms with van der Waals surface area (Å²) in [5.74, 6) is -0.186. The van der Waals surface area contributed by atoms with Gasteiger partial charge in [-0.15, -0.1) is 0 Å². The Morgan fingerprint density at radius 1 is 0.485 bits per heavy atom. The Hall–Kier alpha value is -1.59. The van der Waals surface area contributed by atoms with Crippen molar-refractivity contribution < 1.29 is 39.8 Å². The first-order chi connectivity index (χ1) is 33.3. The molecular formula is C59H111NO8. The van der Waals surface area contributed by atoms with E-state index in [-0.39, 0.29) is 12.5 Å². The third-order valence-electron chi connectivity index (χ3n) is 13.9. The Morgan fingerprint density at radius 2 is 0.838 bits per heavy atom. The SMILES string of the molecule is CCCCCCCCCCC/C=C/CC/C=C/CC/C=C/C(O)C(COC1OC(CO)C(O)C(O)C1O)NC(=O)CCCCCCCCCCCCCCCCCCCCCCCCCCCC. The van der Waals surface area contributed by atoms with E-state index in [1.807, 2.05) is 6.08 Å². The molecule has 6 N–H and O–H groups in total. The third kappa shape index (κ3) is 38.1. The molecule has 0 aromatic rings. The first kappa shape index (κ1) is 64.4. The summed E-state index contributed by atoms with van der Waals surface area (Å²) in [6, 6.07) is -0.826. The number of nitrogens with one attached hydrogen (secondary N) is 1. The van der Waals surface area contributed by atoms with Crippen molar-refractivity contribution >= 4 is 5.91 Å². The highest BCUT2D eigenvalue weighted by atomic mass is 16.7. The second-order valence-corrected chi connectivity index (χ2v) is 20.4. The Kier molecular flexibility index (Phi) is 46.4. The van der Waals surface area contributed by atoms with Gasteiger partial charge in [0.15, 0.2) is 6.29 Å². The van der Waals surface area contributed by atoms with Crippen molar-refractivity contribution in [3.8, 4) is 0 Å². The van der Waals surface area contributed by atoms with E-state index in [4.69, 9.17) is 9.47 Å². The molecule has 9 nitrogen and oxygen atoms in total. The maximum atomic E-state index is 13.1. The molecule has 1 aliphatic rings. The monoisotopic (exact) mass is 962 g/mol. The number of aliphatic hydroxyl groups is 5. The zero-order valence-electron chi connectivity index (χ0n) is 44.4. The molecule has 0 spiro atoms. The zero-order valence-corrected chi connectivity index (χ0v) is 44.4. The molecule has 9 heteroatoms. The summed E-state index contributed by atoms with van der Waals surface area (Å²) in [5.41, 5.74) is 0. The summed E-state index contributed by atoms with van der Waals surface area (Å²) in [6.07, 6.45) is 56.5. The third-order valence-corrected chi connectivity index (χ3v) is 13.9. The normalized spacial score (nSPS) is 19.8. The van der Waals surface area contributed by atoms with E-state index >= 15 is 0 Å². The minimum absolute atomic E-state index is 0.186. The van der Waals surface area contributed by atoms with Crippen LogP contribution in [0, 0.1) is 0 Å². The van der Waals surface area contributed by atoms with Crippen molar-refractivity contribution in [1.29, 1.82) is 0 Å². The van der Waals surface area contributed by atoms with Gasteiger partial charge in [-0.05, 0) is 44.9 Å². The smallest absolute Gasteiger partial charge is 0.220 e. The average Bonchev–Trinajstić information content (AvgIpc) is 3.34. The number of allylic oxidation sites excluding steroid dienone is 5. The molecule has 0 saturated carbocycles. The number of ether oxygens (including phenoxy) is 2. The van der Waals surface area contributed by atoms with Crippen LogP contribution >= 0.6 is 0 Å². The number of amides is 1. The van der Waals surface area contributed by atoms with Crippen molar-refractivity contribution in [3.05, 3.63) is 36.5 Å².